The molecule has 28 heavy (non-hydrogen) atoms. The summed E-state index contributed by atoms with van der Waals surface area (Å²) in [6.45, 7) is 2.70. The van der Waals surface area contributed by atoms with Crippen molar-refractivity contribution in [3.05, 3.63) is 69.9 Å². The van der Waals surface area contributed by atoms with E-state index in [4.69, 9.17) is 4.42 Å². The summed E-state index contributed by atoms with van der Waals surface area (Å²) in [6.07, 6.45) is 6.87. The third-order valence-corrected chi connectivity index (χ3v) is 5.63. The maximum atomic E-state index is 13.2. The van der Waals surface area contributed by atoms with Gasteiger partial charge in [0.05, 0.1) is 19.4 Å². The first-order chi connectivity index (χ1) is 13.6. The number of hydrogen-bond donors (Lipinski definition) is 1. The predicted octanol–water partition coefficient (Wildman–Crippen LogP) is 4.54. The Kier molecular flexibility index (Phi) is 5.33. The first-order valence-electron chi connectivity index (χ1n) is 10.0. The summed E-state index contributed by atoms with van der Waals surface area (Å²) in [7, 11) is 0. The molecular weight excluding hydrogens is 352 g/mol. The topological polar surface area (TPSA) is 66.3 Å². The second kappa shape index (κ2) is 8.05. The van der Waals surface area contributed by atoms with Crippen molar-refractivity contribution in [1.82, 2.24) is 9.88 Å². The number of furan rings is 1. The number of pyridine rings is 1. The van der Waals surface area contributed by atoms with Gasteiger partial charge in [0.2, 0.25) is 5.91 Å². The van der Waals surface area contributed by atoms with Crippen LogP contribution in [0.5, 0.6) is 0 Å². The van der Waals surface area contributed by atoms with Crippen LogP contribution in [-0.2, 0) is 17.9 Å². The lowest BCUT2D eigenvalue weighted by molar-refractivity contribution is -0.138. The number of fused-ring (bicyclic) bond motifs is 1. The van der Waals surface area contributed by atoms with Gasteiger partial charge in [0.1, 0.15) is 5.76 Å². The molecule has 0 bridgehead atoms. The van der Waals surface area contributed by atoms with Gasteiger partial charge in [0.25, 0.3) is 5.56 Å². The highest BCUT2D eigenvalue weighted by molar-refractivity contribution is 5.81. The van der Waals surface area contributed by atoms with Crippen LogP contribution in [0.4, 0.5) is 0 Å². The Morgan fingerprint density at radius 1 is 1.14 bits per heavy atom. The van der Waals surface area contributed by atoms with Gasteiger partial charge in [0.15, 0.2) is 0 Å². The Labute approximate surface area is 164 Å². The van der Waals surface area contributed by atoms with Crippen LogP contribution < -0.4 is 5.56 Å². The van der Waals surface area contributed by atoms with E-state index in [-0.39, 0.29) is 23.9 Å². The summed E-state index contributed by atoms with van der Waals surface area (Å²) in [5, 5.41) is 0.984. The van der Waals surface area contributed by atoms with Gasteiger partial charge in [-0.15, -0.1) is 0 Å². The van der Waals surface area contributed by atoms with Gasteiger partial charge in [0, 0.05) is 17.0 Å². The van der Waals surface area contributed by atoms with Gasteiger partial charge in [-0.2, -0.15) is 0 Å². The first kappa shape index (κ1) is 18.5. The Hall–Kier alpha value is -2.82. The average Bonchev–Trinajstić information content (AvgIpc) is 3.21. The SMILES string of the molecule is Cc1ccc2[nH]c(=O)c(CN(Cc3ccco3)C(=O)C3CCCCC3)cc2c1. The van der Waals surface area contributed by atoms with Gasteiger partial charge in [-0.1, -0.05) is 30.9 Å². The summed E-state index contributed by atoms with van der Waals surface area (Å²) in [4.78, 5) is 30.6. The Morgan fingerprint density at radius 3 is 2.71 bits per heavy atom. The number of nitrogens with zero attached hydrogens (tertiary/aromatic N) is 1. The number of hydrogen-bond acceptors (Lipinski definition) is 3. The fraction of sp³-hybridized carbons (Fsp3) is 0.391. The zero-order valence-electron chi connectivity index (χ0n) is 16.2. The van der Waals surface area contributed by atoms with Crippen LogP contribution in [0.1, 0.15) is 49.0 Å². The van der Waals surface area contributed by atoms with Crippen LogP contribution >= 0.6 is 0 Å². The minimum atomic E-state index is -0.141. The van der Waals surface area contributed by atoms with Gasteiger partial charge < -0.3 is 14.3 Å². The number of aryl methyl sites for hydroxylation is 1. The van der Waals surface area contributed by atoms with Crippen molar-refractivity contribution < 1.29 is 9.21 Å². The Morgan fingerprint density at radius 2 is 1.96 bits per heavy atom. The number of aromatic nitrogens is 1. The van der Waals surface area contributed by atoms with Gasteiger partial charge in [-0.3, -0.25) is 9.59 Å². The lowest BCUT2D eigenvalue weighted by Gasteiger charge is -2.28. The van der Waals surface area contributed by atoms with Crippen molar-refractivity contribution >= 4 is 16.8 Å². The zero-order chi connectivity index (χ0) is 19.5. The van der Waals surface area contributed by atoms with Crippen molar-refractivity contribution in [3.8, 4) is 0 Å². The second-order valence-electron chi connectivity index (χ2n) is 7.82. The predicted molar refractivity (Wildman–Crippen MR) is 109 cm³/mol. The fourth-order valence-corrected chi connectivity index (χ4v) is 4.10. The lowest BCUT2D eigenvalue weighted by atomic mass is 9.88. The second-order valence-corrected chi connectivity index (χ2v) is 7.82. The minimum Gasteiger partial charge on any atom is -0.467 e. The summed E-state index contributed by atoms with van der Waals surface area (Å²) < 4.78 is 5.48. The minimum absolute atomic E-state index is 0.0468. The molecule has 0 saturated heterocycles. The molecule has 0 aliphatic heterocycles. The maximum Gasteiger partial charge on any atom is 0.253 e. The molecular formula is C23H26N2O3. The lowest BCUT2D eigenvalue weighted by Crippen LogP contribution is -2.37. The molecule has 1 N–H and O–H groups in total. The highest BCUT2D eigenvalue weighted by atomic mass is 16.3. The quantitative estimate of drug-likeness (QED) is 0.709. The van der Waals surface area contributed by atoms with Crippen LogP contribution in [0.25, 0.3) is 10.9 Å². The summed E-state index contributed by atoms with van der Waals surface area (Å²) in [6, 6.07) is 11.6. The third-order valence-electron chi connectivity index (χ3n) is 5.63. The zero-order valence-corrected chi connectivity index (χ0v) is 16.2. The van der Waals surface area contributed by atoms with Crippen molar-refractivity contribution in [2.45, 2.75) is 52.1 Å². The third kappa shape index (κ3) is 4.03. The molecule has 1 amide bonds. The van der Waals surface area contributed by atoms with Gasteiger partial charge in [-0.25, -0.2) is 0 Å². The number of H-pyrrole nitrogens is 1. The first-order valence-corrected chi connectivity index (χ1v) is 10.0. The molecule has 2 aromatic heterocycles. The fourth-order valence-electron chi connectivity index (χ4n) is 4.10. The van der Waals surface area contributed by atoms with Gasteiger partial charge >= 0.3 is 0 Å². The monoisotopic (exact) mass is 378 g/mol. The number of aromatic amines is 1. The molecule has 0 unspecified atom stereocenters. The number of nitrogens with one attached hydrogen (secondary N) is 1. The molecule has 5 nitrogen and oxygen atoms in total. The highest BCUT2D eigenvalue weighted by Gasteiger charge is 2.27. The van der Waals surface area contributed by atoms with Crippen LogP contribution in [0.2, 0.25) is 0 Å². The van der Waals surface area contributed by atoms with E-state index in [9.17, 15) is 9.59 Å². The van der Waals surface area contributed by atoms with E-state index in [0.717, 1.165) is 47.9 Å². The number of rotatable bonds is 5. The molecule has 3 aromatic rings. The molecule has 0 radical (unpaired) electrons. The number of carbonyl (C=O) groups excluding carboxylic acids is 1. The maximum absolute atomic E-state index is 13.2. The number of benzene rings is 1. The summed E-state index contributed by atoms with van der Waals surface area (Å²) in [5.41, 5.74) is 2.41. The number of amides is 1. The van der Waals surface area contributed by atoms with Crippen LogP contribution in [0.15, 0.2) is 51.9 Å². The van der Waals surface area contributed by atoms with Crippen molar-refractivity contribution in [2.24, 2.45) is 5.92 Å². The molecule has 0 atom stereocenters. The molecule has 4 rings (SSSR count). The Balaban J connectivity index is 1.64. The average molecular weight is 378 g/mol. The molecule has 1 saturated carbocycles. The summed E-state index contributed by atoms with van der Waals surface area (Å²) >= 11 is 0. The Bertz CT molecular complexity index is 1010. The van der Waals surface area contributed by atoms with Crippen LogP contribution in [-0.4, -0.2) is 15.8 Å². The van der Waals surface area contributed by atoms with Crippen molar-refractivity contribution in [2.75, 3.05) is 0 Å². The number of carbonyl (C=O) groups is 1. The normalized spacial score (nSPS) is 15.0. The standard InChI is InChI=1S/C23H26N2O3/c1-16-9-10-21-18(12-16)13-19(22(26)24-21)14-25(15-20-8-5-11-28-20)23(27)17-6-3-2-4-7-17/h5,8-13,17H,2-4,6-7,14-15H2,1H3,(H,24,26). The van der Waals surface area contributed by atoms with Crippen LogP contribution in [0, 0.1) is 12.8 Å². The summed E-state index contributed by atoms with van der Waals surface area (Å²) in [5.74, 6) is 0.905. The van der Waals surface area contributed by atoms with E-state index in [1.54, 1.807) is 11.2 Å². The van der Waals surface area contributed by atoms with Crippen molar-refractivity contribution in [3.63, 3.8) is 0 Å². The van der Waals surface area contributed by atoms with E-state index in [1.165, 1.54) is 6.42 Å². The van der Waals surface area contributed by atoms with Gasteiger partial charge in [-0.05, 0) is 55.5 Å². The van der Waals surface area contributed by atoms with E-state index >= 15 is 0 Å². The molecule has 0 spiro atoms. The molecule has 2 heterocycles. The van der Waals surface area contributed by atoms with Crippen molar-refractivity contribution in [1.29, 1.82) is 0 Å². The molecule has 5 heteroatoms. The van der Waals surface area contributed by atoms with E-state index in [1.807, 2.05) is 37.3 Å². The highest BCUT2D eigenvalue weighted by Crippen LogP contribution is 2.27. The molecule has 1 aliphatic carbocycles. The molecule has 1 fully saturated rings. The smallest absolute Gasteiger partial charge is 0.253 e. The van der Waals surface area contributed by atoms with E-state index in [2.05, 4.69) is 11.1 Å². The molecule has 146 valence electrons. The van der Waals surface area contributed by atoms with E-state index < -0.39 is 0 Å². The van der Waals surface area contributed by atoms with Crippen LogP contribution in [0.3, 0.4) is 0 Å². The molecule has 1 aromatic carbocycles. The molecule has 1 aliphatic rings. The van der Waals surface area contributed by atoms with E-state index in [0.29, 0.717) is 12.1 Å². The largest absolute Gasteiger partial charge is 0.467 e.